The third kappa shape index (κ3) is 5.46. The quantitative estimate of drug-likeness (QED) is 0.789. The molecular formula is C14H27N3O3. The van der Waals surface area contributed by atoms with Crippen molar-refractivity contribution in [3.8, 4) is 0 Å². The third-order valence-corrected chi connectivity index (χ3v) is 3.73. The van der Waals surface area contributed by atoms with Crippen LogP contribution >= 0.6 is 0 Å². The third-order valence-electron chi connectivity index (χ3n) is 3.73. The number of nitrogens with zero attached hydrogens (tertiary/aromatic N) is 3. The van der Waals surface area contributed by atoms with Gasteiger partial charge in [-0.2, -0.15) is 0 Å². The van der Waals surface area contributed by atoms with Gasteiger partial charge in [0.2, 0.25) is 5.91 Å². The smallest absolute Gasteiger partial charge is 0.304 e. The first kappa shape index (κ1) is 16.9. The van der Waals surface area contributed by atoms with E-state index < -0.39 is 5.97 Å². The number of rotatable bonds is 5. The molecule has 0 aromatic heterocycles. The molecule has 1 heterocycles. The molecule has 6 nitrogen and oxygen atoms in total. The highest BCUT2D eigenvalue weighted by atomic mass is 16.4. The van der Waals surface area contributed by atoms with E-state index in [2.05, 4.69) is 11.9 Å². The average Bonchev–Trinajstić information content (AvgIpc) is 2.33. The van der Waals surface area contributed by atoms with Gasteiger partial charge in [0.15, 0.2) is 0 Å². The van der Waals surface area contributed by atoms with E-state index in [9.17, 15) is 9.59 Å². The molecule has 6 heteroatoms. The van der Waals surface area contributed by atoms with Gasteiger partial charge in [-0.1, -0.05) is 0 Å². The summed E-state index contributed by atoms with van der Waals surface area (Å²) in [5.74, 6) is -0.732. The molecule has 0 atom stereocenters. The van der Waals surface area contributed by atoms with Gasteiger partial charge < -0.3 is 14.9 Å². The lowest BCUT2D eigenvalue weighted by molar-refractivity contribution is -0.140. The van der Waals surface area contributed by atoms with E-state index in [4.69, 9.17) is 5.11 Å². The van der Waals surface area contributed by atoms with E-state index in [1.54, 1.807) is 0 Å². The summed E-state index contributed by atoms with van der Waals surface area (Å²) in [6.45, 7) is 10.0. The molecule has 1 aliphatic rings. The highest BCUT2D eigenvalue weighted by molar-refractivity contribution is 5.78. The van der Waals surface area contributed by atoms with Crippen molar-refractivity contribution in [1.29, 1.82) is 0 Å². The van der Waals surface area contributed by atoms with Crippen LogP contribution in [0.1, 0.15) is 27.2 Å². The zero-order chi connectivity index (χ0) is 15.3. The summed E-state index contributed by atoms with van der Waals surface area (Å²) in [4.78, 5) is 29.1. The molecule has 0 spiro atoms. The minimum atomic E-state index is -0.828. The van der Waals surface area contributed by atoms with Crippen molar-refractivity contribution in [3.05, 3.63) is 0 Å². The predicted octanol–water partition coefficient (Wildman–Crippen LogP) is 0.336. The van der Waals surface area contributed by atoms with Gasteiger partial charge in [0, 0.05) is 38.3 Å². The predicted molar refractivity (Wildman–Crippen MR) is 77.7 cm³/mol. The Morgan fingerprint density at radius 3 is 2.15 bits per heavy atom. The Hall–Kier alpha value is -1.14. The average molecular weight is 285 g/mol. The van der Waals surface area contributed by atoms with E-state index in [0.29, 0.717) is 13.1 Å². The van der Waals surface area contributed by atoms with Gasteiger partial charge in [0.1, 0.15) is 0 Å². The fourth-order valence-electron chi connectivity index (χ4n) is 2.20. The number of piperazine rings is 1. The number of likely N-dealkylation sites (N-methyl/N-ethyl adjacent to an activating group) is 1. The fraction of sp³-hybridized carbons (Fsp3) is 0.857. The van der Waals surface area contributed by atoms with Gasteiger partial charge in [-0.3, -0.25) is 14.5 Å². The normalized spacial score (nSPS) is 17.6. The van der Waals surface area contributed by atoms with Crippen LogP contribution in [0.5, 0.6) is 0 Å². The van der Waals surface area contributed by atoms with Gasteiger partial charge in [-0.25, -0.2) is 0 Å². The maximum absolute atomic E-state index is 12.3. The highest BCUT2D eigenvalue weighted by Gasteiger charge is 2.27. The van der Waals surface area contributed by atoms with Crippen LogP contribution in [-0.2, 0) is 9.59 Å². The van der Waals surface area contributed by atoms with Crippen LogP contribution in [0.25, 0.3) is 0 Å². The Morgan fingerprint density at radius 1 is 1.15 bits per heavy atom. The van der Waals surface area contributed by atoms with Crippen molar-refractivity contribution >= 4 is 11.9 Å². The minimum Gasteiger partial charge on any atom is -0.481 e. The fourth-order valence-corrected chi connectivity index (χ4v) is 2.20. The number of carbonyl (C=O) groups is 2. The van der Waals surface area contributed by atoms with Crippen molar-refractivity contribution < 1.29 is 14.7 Å². The Morgan fingerprint density at radius 2 is 1.70 bits per heavy atom. The summed E-state index contributed by atoms with van der Waals surface area (Å²) in [7, 11) is 2.05. The molecule has 20 heavy (non-hydrogen) atoms. The van der Waals surface area contributed by atoms with Crippen molar-refractivity contribution in [1.82, 2.24) is 14.7 Å². The van der Waals surface area contributed by atoms with Gasteiger partial charge >= 0.3 is 5.97 Å². The molecule has 1 aliphatic heterocycles. The van der Waals surface area contributed by atoms with E-state index in [1.807, 2.05) is 30.6 Å². The van der Waals surface area contributed by atoms with E-state index in [-0.39, 0.29) is 17.9 Å². The SMILES string of the molecule is CN1CCN(C(=O)CN(CCC(=O)O)C(C)(C)C)CC1. The molecule has 1 N–H and O–H groups in total. The number of amides is 1. The molecule has 0 bridgehead atoms. The van der Waals surface area contributed by atoms with Gasteiger partial charge in [-0.05, 0) is 27.8 Å². The lowest BCUT2D eigenvalue weighted by Crippen LogP contribution is -2.53. The standard InChI is InChI=1S/C14H27N3O3/c1-14(2,3)17(6-5-13(19)20)11-12(18)16-9-7-15(4)8-10-16/h5-11H2,1-4H3,(H,19,20). The monoisotopic (exact) mass is 285 g/mol. The van der Waals surface area contributed by atoms with Crippen molar-refractivity contribution in [2.75, 3.05) is 46.3 Å². The second-order valence-corrected chi connectivity index (χ2v) is 6.42. The second-order valence-electron chi connectivity index (χ2n) is 6.42. The maximum Gasteiger partial charge on any atom is 0.304 e. The molecule has 0 aromatic rings. The number of carboxylic acid groups (broad SMARTS) is 1. The summed E-state index contributed by atoms with van der Waals surface area (Å²) in [6.07, 6.45) is 0.0628. The summed E-state index contributed by atoms with van der Waals surface area (Å²) < 4.78 is 0. The van der Waals surface area contributed by atoms with E-state index in [1.165, 1.54) is 0 Å². The van der Waals surface area contributed by atoms with Crippen LogP contribution in [0.4, 0.5) is 0 Å². The zero-order valence-corrected chi connectivity index (χ0v) is 13.1. The Balaban J connectivity index is 2.55. The van der Waals surface area contributed by atoms with Gasteiger partial charge in [-0.15, -0.1) is 0 Å². The number of aliphatic carboxylic acids is 1. The van der Waals surface area contributed by atoms with Crippen LogP contribution in [0, 0.1) is 0 Å². The largest absolute Gasteiger partial charge is 0.481 e. The van der Waals surface area contributed by atoms with Crippen LogP contribution in [0.15, 0.2) is 0 Å². The van der Waals surface area contributed by atoms with E-state index in [0.717, 1.165) is 26.2 Å². The summed E-state index contributed by atoms with van der Waals surface area (Å²) in [5.41, 5.74) is -0.211. The molecule has 1 amide bonds. The zero-order valence-electron chi connectivity index (χ0n) is 13.1. The lowest BCUT2D eigenvalue weighted by atomic mass is 10.1. The topological polar surface area (TPSA) is 64.1 Å². The first-order valence-corrected chi connectivity index (χ1v) is 7.13. The van der Waals surface area contributed by atoms with Crippen molar-refractivity contribution in [2.24, 2.45) is 0 Å². The first-order valence-electron chi connectivity index (χ1n) is 7.13. The molecule has 1 fully saturated rings. The van der Waals surface area contributed by atoms with Crippen LogP contribution in [-0.4, -0.2) is 83.5 Å². The molecule has 0 aromatic carbocycles. The highest BCUT2D eigenvalue weighted by Crippen LogP contribution is 2.14. The molecule has 0 aliphatic carbocycles. The Labute approximate surface area is 121 Å². The van der Waals surface area contributed by atoms with Crippen LogP contribution < -0.4 is 0 Å². The molecular weight excluding hydrogens is 258 g/mol. The molecule has 1 rings (SSSR count). The molecule has 1 saturated heterocycles. The van der Waals surface area contributed by atoms with Gasteiger partial charge in [0.05, 0.1) is 13.0 Å². The number of hydrogen-bond donors (Lipinski definition) is 1. The Kier molecular flexibility index (Phi) is 5.95. The number of carbonyl (C=O) groups excluding carboxylic acids is 1. The lowest BCUT2D eigenvalue weighted by Gasteiger charge is -2.38. The molecule has 0 radical (unpaired) electrons. The second kappa shape index (κ2) is 7.04. The molecule has 0 saturated carbocycles. The maximum atomic E-state index is 12.3. The summed E-state index contributed by atoms with van der Waals surface area (Å²) in [6, 6.07) is 0. The van der Waals surface area contributed by atoms with Crippen molar-refractivity contribution in [2.45, 2.75) is 32.7 Å². The first-order chi connectivity index (χ1) is 9.20. The van der Waals surface area contributed by atoms with Crippen LogP contribution in [0.2, 0.25) is 0 Å². The number of hydrogen-bond acceptors (Lipinski definition) is 4. The van der Waals surface area contributed by atoms with Crippen molar-refractivity contribution in [3.63, 3.8) is 0 Å². The number of carboxylic acids is 1. The molecule has 0 unspecified atom stereocenters. The Bertz CT molecular complexity index is 344. The van der Waals surface area contributed by atoms with Gasteiger partial charge in [0.25, 0.3) is 0 Å². The van der Waals surface area contributed by atoms with Crippen LogP contribution in [0.3, 0.4) is 0 Å². The summed E-state index contributed by atoms with van der Waals surface area (Å²) >= 11 is 0. The minimum absolute atomic E-state index is 0.0628. The summed E-state index contributed by atoms with van der Waals surface area (Å²) in [5, 5.41) is 8.81. The van der Waals surface area contributed by atoms with E-state index >= 15 is 0 Å². The molecule has 116 valence electrons.